The Hall–Kier alpha value is -3.28. The van der Waals surface area contributed by atoms with Gasteiger partial charge in [0.05, 0.1) is 19.9 Å². The molecule has 0 spiro atoms. The topological polar surface area (TPSA) is 64.9 Å². The van der Waals surface area contributed by atoms with Gasteiger partial charge in [-0.05, 0) is 48.9 Å². The standard InChI is InChI=1S/C21H23N3O3/c1-15-9-11-24-14-17(23-20(24)12-15)8-10-22-21(25)7-4-16-13-18(26-2)5-6-19(16)27-3/h4-7,9,11-14H,8,10H2,1-3H3,(H,22,25)/b7-4+. The number of fused-ring (bicyclic) bond motifs is 1. The number of aryl methyl sites for hydroxylation is 1. The van der Waals surface area contributed by atoms with Gasteiger partial charge < -0.3 is 19.2 Å². The number of hydrogen-bond acceptors (Lipinski definition) is 4. The second kappa shape index (κ2) is 8.40. The van der Waals surface area contributed by atoms with E-state index < -0.39 is 0 Å². The molecule has 1 N–H and O–H groups in total. The van der Waals surface area contributed by atoms with Gasteiger partial charge in [0.15, 0.2) is 0 Å². The normalized spacial score (nSPS) is 11.1. The van der Waals surface area contributed by atoms with E-state index in [0.717, 1.165) is 16.9 Å². The zero-order valence-corrected chi connectivity index (χ0v) is 15.7. The summed E-state index contributed by atoms with van der Waals surface area (Å²) in [5, 5.41) is 2.88. The number of ether oxygens (including phenoxy) is 2. The number of amides is 1. The van der Waals surface area contributed by atoms with Crippen LogP contribution in [0, 0.1) is 6.92 Å². The molecule has 140 valence electrons. The fourth-order valence-corrected chi connectivity index (χ4v) is 2.76. The molecule has 27 heavy (non-hydrogen) atoms. The quantitative estimate of drug-likeness (QED) is 0.654. The van der Waals surface area contributed by atoms with E-state index >= 15 is 0 Å². The summed E-state index contributed by atoms with van der Waals surface area (Å²) in [6.45, 7) is 2.56. The fraction of sp³-hybridized carbons (Fsp3) is 0.238. The smallest absolute Gasteiger partial charge is 0.244 e. The maximum atomic E-state index is 12.1. The molecule has 6 nitrogen and oxygen atoms in total. The van der Waals surface area contributed by atoms with Gasteiger partial charge in [0.1, 0.15) is 17.1 Å². The van der Waals surface area contributed by atoms with Crippen molar-refractivity contribution in [2.45, 2.75) is 13.3 Å². The molecule has 0 fully saturated rings. The summed E-state index contributed by atoms with van der Waals surface area (Å²) in [6, 6.07) is 9.51. The largest absolute Gasteiger partial charge is 0.497 e. The van der Waals surface area contributed by atoms with Crippen LogP contribution in [0.3, 0.4) is 0 Å². The highest BCUT2D eigenvalue weighted by Crippen LogP contribution is 2.24. The predicted octanol–water partition coefficient (Wildman–Crippen LogP) is 3.03. The Kier molecular flexibility index (Phi) is 5.76. The SMILES string of the molecule is COc1ccc(OC)c(/C=C/C(=O)NCCc2cn3ccc(C)cc3n2)c1. The Bertz CT molecular complexity index is 976. The molecule has 2 heterocycles. The molecule has 6 heteroatoms. The third kappa shape index (κ3) is 4.67. The molecule has 1 amide bonds. The van der Waals surface area contributed by atoms with E-state index in [9.17, 15) is 4.79 Å². The minimum atomic E-state index is -0.167. The molecule has 3 rings (SSSR count). The van der Waals surface area contributed by atoms with E-state index in [4.69, 9.17) is 9.47 Å². The van der Waals surface area contributed by atoms with Crippen LogP contribution in [0.15, 0.2) is 48.8 Å². The van der Waals surface area contributed by atoms with Crippen molar-refractivity contribution in [1.82, 2.24) is 14.7 Å². The van der Waals surface area contributed by atoms with Crippen LogP contribution < -0.4 is 14.8 Å². The maximum Gasteiger partial charge on any atom is 0.244 e. The average Bonchev–Trinajstić information content (AvgIpc) is 3.07. The van der Waals surface area contributed by atoms with Gasteiger partial charge in [0, 0.05) is 37.0 Å². The lowest BCUT2D eigenvalue weighted by Gasteiger charge is -2.07. The van der Waals surface area contributed by atoms with Crippen molar-refractivity contribution in [2.75, 3.05) is 20.8 Å². The van der Waals surface area contributed by atoms with E-state index in [1.165, 1.54) is 11.6 Å². The molecule has 0 unspecified atom stereocenters. The van der Waals surface area contributed by atoms with E-state index in [1.807, 2.05) is 54.0 Å². The molecule has 1 aromatic carbocycles. The number of pyridine rings is 1. The summed E-state index contributed by atoms with van der Waals surface area (Å²) in [5.74, 6) is 1.22. The highest BCUT2D eigenvalue weighted by Gasteiger charge is 2.05. The maximum absolute atomic E-state index is 12.1. The molecule has 3 aromatic rings. The first-order valence-electron chi connectivity index (χ1n) is 8.71. The summed E-state index contributed by atoms with van der Waals surface area (Å²) < 4.78 is 12.5. The van der Waals surface area contributed by atoms with Crippen molar-refractivity contribution >= 4 is 17.6 Å². The number of nitrogens with zero attached hydrogens (tertiary/aromatic N) is 2. The molecule has 0 aliphatic rings. The lowest BCUT2D eigenvalue weighted by Crippen LogP contribution is -2.23. The number of hydrogen-bond donors (Lipinski definition) is 1. The first kappa shape index (κ1) is 18.5. The molecule has 0 atom stereocenters. The molecular weight excluding hydrogens is 342 g/mol. The molecule has 0 bridgehead atoms. The number of rotatable bonds is 7. The lowest BCUT2D eigenvalue weighted by atomic mass is 10.1. The number of benzene rings is 1. The number of carbonyl (C=O) groups excluding carboxylic acids is 1. The summed E-state index contributed by atoms with van der Waals surface area (Å²) >= 11 is 0. The number of carbonyl (C=O) groups is 1. The zero-order valence-electron chi connectivity index (χ0n) is 15.7. The third-order valence-corrected chi connectivity index (χ3v) is 4.20. The molecular formula is C21H23N3O3. The molecule has 0 radical (unpaired) electrons. The van der Waals surface area contributed by atoms with Crippen molar-refractivity contribution < 1.29 is 14.3 Å². The summed E-state index contributed by atoms with van der Waals surface area (Å²) in [7, 11) is 3.19. The Morgan fingerprint density at radius 3 is 2.85 bits per heavy atom. The molecule has 0 saturated heterocycles. The van der Waals surface area contributed by atoms with Gasteiger partial charge in [-0.2, -0.15) is 0 Å². The van der Waals surface area contributed by atoms with Crippen LogP contribution in [-0.2, 0) is 11.2 Å². The minimum absolute atomic E-state index is 0.167. The van der Waals surface area contributed by atoms with Crippen LogP contribution in [0.25, 0.3) is 11.7 Å². The molecule has 2 aromatic heterocycles. The summed E-state index contributed by atoms with van der Waals surface area (Å²) in [4.78, 5) is 16.7. The highest BCUT2D eigenvalue weighted by atomic mass is 16.5. The van der Waals surface area contributed by atoms with Crippen LogP contribution in [0.5, 0.6) is 11.5 Å². The molecule has 0 aliphatic heterocycles. The zero-order chi connectivity index (χ0) is 19.2. The lowest BCUT2D eigenvalue weighted by molar-refractivity contribution is -0.116. The summed E-state index contributed by atoms with van der Waals surface area (Å²) in [5.41, 5.74) is 3.81. The van der Waals surface area contributed by atoms with Crippen molar-refractivity contribution in [2.24, 2.45) is 0 Å². The molecule has 0 aliphatic carbocycles. The Balaban J connectivity index is 1.57. The first-order valence-corrected chi connectivity index (χ1v) is 8.71. The van der Waals surface area contributed by atoms with Crippen LogP contribution in [0.1, 0.15) is 16.8 Å². The minimum Gasteiger partial charge on any atom is -0.497 e. The van der Waals surface area contributed by atoms with Crippen LogP contribution in [-0.4, -0.2) is 36.1 Å². The number of imidazole rings is 1. The van der Waals surface area contributed by atoms with E-state index in [2.05, 4.69) is 10.3 Å². The number of aromatic nitrogens is 2. The van der Waals surface area contributed by atoms with E-state index in [1.54, 1.807) is 20.3 Å². The van der Waals surface area contributed by atoms with Gasteiger partial charge in [0.2, 0.25) is 5.91 Å². The van der Waals surface area contributed by atoms with Crippen molar-refractivity contribution in [3.8, 4) is 11.5 Å². The number of methoxy groups -OCH3 is 2. The predicted molar refractivity (Wildman–Crippen MR) is 105 cm³/mol. The Morgan fingerprint density at radius 2 is 2.07 bits per heavy atom. The van der Waals surface area contributed by atoms with Crippen molar-refractivity contribution in [1.29, 1.82) is 0 Å². The van der Waals surface area contributed by atoms with Gasteiger partial charge in [-0.15, -0.1) is 0 Å². The monoisotopic (exact) mass is 365 g/mol. The Labute approximate surface area is 158 Å². The summed E-state index contributed by atoms with van der Waals surface area (Å²) in [6.07, 6.45) is 7.85. The van der Waals surface area contributed by atoms with Gasteiger partial charge in [0.25, 0.3) is 0 Å². The van der Waals surface area contributed by atoms with Crippen LogP contribution >= 0.6 is 0 Å². The number of nitrogens with one attached hydrogen (secondary N) is 1. The third-order valence-electron chi connectivity index (χ3n) is 4.20. The first-order chi connectivity index (χ1) is 13.1. The van der Waals surface area contributed by atoms with Crippen LogP contribution in [0.4, 0.5) is 0 Å². The second-order valence-corrected chi connectivity index (χ2v) is 6.18. The van der Waals surface area contributed by atoms with Gasteiger partial charge in [-0.25, -0.2) is 4.98 Å². The molecule has 0 saturated carbocycles. The van der Waals surface area contributed by atoms with E-state index in [0.29, 0.717) is 24.5 Å². The van der Waals surface area contributed by atoms with Crippen LogP contribution in [0.2, 0.25) is 0 Å². The van der Waals surface area contributed by atoms with Gasteiger partial charge in [-0.3, -0.25) is 4.79 Å². The van der Waals surface area contributed by atoms with E-state index in [-0.39, 0.29) is 5.91 Å². The Morgan fingerprint density at radius 1 is 1.22 bits per heavy atom. The van der Waals surface area contributed by atoms with Gasteiger partial charge in [-0.1, -0.05) is 0 Å². The highest BCUT2D eigenvalue weighted by molar-refractivity contribution is 5.92. The second-order valence-electron chi connectivity index (χ2n) is 6.18. The fourth-order valence-electron chi connectivity index (χ4n) is 2.76. The van der Waals surface area contributed by atoms with Crippen molar-refractivity contribution in [3.63, 3.8) is 0 Å². The average molecular weight is 365 g/mol. The van der Waals surface area contributed by atoms with Crippen molar-refractivity contribution in [3.05, 3.63) is 65.6 Å². The van der Waals surface area contributed by atoms with Gasteiger partial charge >= 0.3 is 0 Å².